The second-order valence-electron chi connectivity index (χ2n) is 5.06. The van der Waals surface area contributed by atoms with Crippen molar-refractivity contribution in [2.24, 2.45) is 0 Å². The molecule has 2 rings (SSSR count). The molecular formula is C13H20N2O3. The molecule has 0 radical (unpaired) electrons. The van der Waals surface area contributed by atoms with E-state index >= 15 is 0 Å². The van der Waals surface area contributed by atoms with E-state index in [-0.39, 0.29) is 5.56 Å². The van der Waals surface area contributed by atoms with E-state index < -0.39 is 5.97 Å². The van der Waals surface area contributed by atoms with Gasteiger partial charge in [0, 0.05) is 12.6 Å². The van der Waals surface area contributed by atoms with Crippen LogP contribution >= 0.6 is 0 Å². The van der Waals surface area contributed by atoms with Crippen molar-refractivity contribution in [1.82, 2.24) is 9.80 Å². The lowest BCUT2D eigenvalue weighted by Gasteiger charge is -2.35. The third kappa shape index (κ3) is 2.91. The molecule has 0 spiro atoms. The molecule has 1 unspecified atom stereocenters. The van der Waals surface area contributed by atoms with E-state index in [1.54, 1.807) is 0 Å². The number of furan rings is 1. The van der Waals surface area contributed by atoms with Crippen LogP contribution < -0.4 is 0 Å². The third-order valence-electron chi connectivity index (χ3n) is 3.55. The molecule has 1 aromatic rings. The zero-order chi connectivity index (χ0) is 13.1. The lowest BCUT2D eigenvalue weighted by molar-refractivity contribution is 0.0690. The number of hydrogen-bond donors (Lipinski definition) is 1. The number of aromatic carboxylic acids is 1. The van der Waals surface area contributed by atoms with Crippen molar-refractivity contribution in [1.29, 1.82) is 0 Å². The molecule has 100 valence electrons. The van der Waals surface area contributed by atoms with Crippen LogP contribution in [0.3, 0.4) is 0 Å². The summed E-state index contributed by atoms with van der Waals surface area (Å²) in [6.07, 6.45) is 3.80. The van der Waals surface area contributed by atoms with E-state index in [0.29, 0.717) is 18.3 Å². The molecule has 1 aliphatic heterocycles. The summed E-state index contributed by atoms with van der Waals surface area (Å²) in [5, 5.41) is 9.04. The first-order valence-corrected chi connectivity index (χ1v) is 6.26. The number of carboxylic acids is 1. The van der Waals surface area contributed by atoms with Crippen molar-refractivity contribution >= 4 is 5.97 Å². The molecular weight excluding hydrogens is 232 g/mol. The van der Waals surface area contributed by atoms with Crippen LogP contribution in [-0.4, -0.2) is 54.1 Å². The van der Waals surface area contributed by atoms with Crippen LogP contribution in [0.1, 0.15) is 29.0 Å². The minimum absolute atomic E-state index is 0.280. The standard InChI is InChI=1S/C13H20N2O3/c1-14(2)10-4-3-6-15(8-10)9-12-11(13(16)17)5-7-18-12/h5,7,10H,3-4,6,8-9H2,1-2H3,(H,16,17). The highest BCUT2D eigenvalue weighted by Crippen LogP contribution is 2.19. The molecule has 1 fully saturated rings. The van der Waals surface area contributed by atoms with Gasteiger partial charge in [0.05, 0.1) is 12.8 Å². The zero-order valence-corrected chi connectivity index (χ0v) is 10.9. The fraction of sp³-hybridized carbons (Fsp3) is 0.615. The maximum absolute atomic E-state index is 11.0. The Labute approximate surface area is 107 Å². The van der Waals surface area contributed by atoms with Crippen molar-refractivity contribution in [2.45, 2.75) is 25.4 Å². The summed E-state index contributed by atoms with van der Waals surface area (Å²) in [6, 6.07) is 2.06. The molecule has 18 heavy (non-hydrogen) atoms. The monoisotopic (exact) mass is 252 g/mol. The van der Waals surface area contributed by atoms with Gasteiger partial charge in [-0.25, -0.2) is 4.79 Å². The summed E-state index contributed by atoms with van der Waals surface area (Å²) in [7, 11) is 4.17. The van der Waals surface area contributed by atoms with Gasteiger partial charge in [-0.2, -0.15) is 0 Å². The van der Waals surface area contributed by atoms with Gasteiger partial charge in [0.1, 0.15) is 11.3 Å². The van der Waals surface area contributed by atoms with Crippen molar-refractivity contribution < 1.29 is 14.3 Å². The van der Waals surface area contributed by atoms with Crippen LogP contribution in [-0.2, 0) is 6.54 Å². The highest BCUT2D eigenvalue weighted by Gasteiger charge is 2.23. The molecule has 1 saturated heterocycles. The first-order valence-electron chi connectivity index (χ1n) is 6.26. The van der Waals surface area contributed by atoms with Crippen molar-refractivity contribution in [3.05, 3.63) is 23.7 Å². The Morgan fingerprint density at radius 3 is 3.06 bits per heavy atom. The van der Waals surface area contributed by atoms with Crippen LogP contribution in [0, 0.1) is 0 Å². The number of carbonyl (C=O) groups is 1. The van der Waals surface area contributed by atoms with E-state index in [9.17, 15) is 4.79 Å². The highest BCUT2D eigenvalue weighted by molar-refractivity contribution is 5.88. The molecule has 0 saturated carbocycles. The summed E-state index contributed by atoms with van der Waals surface area (Å²) in [4.78, 5) is 15.5. The molecule has 0 aliphatic carbocycles. The van der Waals surface area contributed by atoms with Crippen molar-refractivity contribution in [2.75, 3.05) is 27.2 Å². The van der Waals surface area contributed by atoms with E-state index in [2.05, 4.69) is 23.9 Å². The predicted octanol–water partition coefficient (Wildman–Crippen LogP) is 1.50. The van der Waals surface area contributed by atoms with Gasteiger partial charge in [0.2, 0.25) is 0 Å². The van der Waals surface area contributed by atoms with E-state index in [4.69, 9.17) is 9.52 Å². The number of likely N-dealkylation sites (tertiary alicyclic amines) is 1. The van der Waals surface area contributed by atoms with E-state index in [1.165, 1.54) is 18.8 Å². The summed E-state index contributed by atoms with van der Waals surface area (Å²) in [5.41, 5.74) is 0.280. The number of likely N-dealkylation sites (N-methyl/N-ethyl adjacent to an activating group) is 1. The fourth-order valence-electron chi connectivity index (χ4n) is 2.45. The Morgan fingerprint density at radius 1 is 1.61 bits per heavy atom. The quantitative estimate of drug-likeness (QED) is 0.880. The zero-order valence-electron chi connectivity index (χ0n) is 10.9. The smallest absolute Gasteiger partial charge is 0.339 e. The van der Waals surface area contributed by atoms with Gasteiger partial charge in [-0.15, -0.1) is 0 Å². The Balaban J connectivity index is 2.00. The largest absolute Gasteiger partial charge is 0.478 e. The van der Waals surface area contributed by atoms with Crippen molar-refractivity contribution in [3.8, 4) is 0 Å². The average molecular weight is 252 g/mol. The van der Waals surface area contributed by atoms with Gasteiger partial charge in [-0.3, -0.25) is 4.90 Å². The second-order valence-corrected chi connectivity index (χ2v) is 5.06. The summed E-state index contributed by atoms with van der Waals surface area (Å²) in [6.45, 7) is 2.55. The molecule has 0 aromatic carbocycles. The number of carboxylic acid groups (broad SMARTS) is 1. The molecule has 1 atom stereocenters. The molecule has 5 nitrogen and oxygen atoms in total. The Hall–Kier alpha value is -1.33. The van der Waals surface area contributed by atoms with Gasteiger partial charge >= 0.3 is 5.97 Å². The maximum Gasteiger partial charge on any atom is 0.339 e. The predicted molar refractivity (Wildman–Crippen MR) is 67.7 cm³/mol. The van der Waals surface area contributed by atoms with Gasteiger partial charge in [-0.1, -0.05) is 0 Å². The van der Waals surface area contributed by atoms with E-state index in [0.717, 1.165) is 19.5 Å². The second kappa shape index (κ2) is 5.54. The molecule has 0 bridgehead atoms. The Morgan fingerprint density at radius 2 is 2.39 bits per heavy atom. The van der Waals surface area contributed by atoms with E-state index in [1.807, 2.05) is 0 Å². The van der Waals surface area contributed by atoms with Crippen LogP contribution in [0.25, 0.3) is 0 Å². The topological polar surface area (TPSA) is 56.9 Å². The molecule has 2 heterocycles. The first-order chi connectivity index (χ1) is 8.58. The van der Waals surface area contributed by atoms with Gasteiger partial charge in [-0.05, 0) is 39.5 Å². The van der Waals surface area contributed by atoms with Crippen LogP contribution in [0.15, 0.2) is 16.7 Å². The minimum Gasteiger partial charge on any atom is -0.478 e. The van der Waals surface area contributed by atoms with Crippen LogP contribution in [0.5, 0.6) is 0 Å². The number of nitrogens with zero attached hydrogens (tertiary/aromatic N) is 2. The maximum atomic E-state index is 11.0. The molecule has 1 aliphatic rings. The number of piperidine rings is 1. The van der Waals surface area contributed by atoms with Crippen LogP contribution in [0.4, 0.5) is 0 Å². The van der Waals surface area contributed by atoms with Crippen LogP contribution in [0.2, 0.25) is 0 Å². The SMILES string of the molecule is CN(C)C1CCCN(Cc2occc2C(=O)O)C1. The number of rotatable bonds is 4. The molecule has 1 N–H and O–H groups in total. The Kier molecular flexibility index (Phi) is 4.04. The summed E-state index contributed by atoms with van der Waals surface area (Å²) in [5.74, 6) is -0.359. The molecule has 0 amide bonds. The summed E-state index contributed by atoms with van der Waals surface area (Å²) >= 11 is 0. The minimum atomic E-state index is -0.917. The number of hydrogen-bond acceptors (Lipinski definition) is 4. The third-order valence-corrected chi connectivity index (χ3v) is 3.55. The average Bonchev–Trinajstić information content (AvgIpc) is 2.77. The fourth-order valence-corrected chi connectivity index (χ4v) is 2.45. The van der Waals surface area contributed by atoms with Gasteiger partial charge in [0.25, 0.3) is 0 Å². The first kappa shape index (κ1) is 13.1. The lowest BCUT2D eigenvalue weighted by Crippen LogP contribution is -2.44. The highest BCUT2D eigenvalue weighted by atomic mass is 16.4. The Bertz CT molecular complexity index is 414. The molecule has 5 heteroatoms. The van der Waals surface area contributed by atoms with Gasteiger partial charge < -0.3 is 14.4 Å². The molecule has 1 aromatic heterocycles. The van der Waals surface area contributed by atoms with Gasteiger partial charge in [0.15, 0.2) is 0 Å². The van der Waals surface area contributed by atoms with Crippen molar-refractivity contribution in [3.63, 3.8) is 0 Å². The summed E-state index contributed by atoms with van der Waals surface area (Å²) < 4.78 is 5.29. The normalized spacial score (nSPS) is 21.4. The lowest BCUT2D eigenvalue weighted by atomic mass is 10.0.